The van der Waals surface area contributed by atoms with Crippen LogP contribution in [0.15, 0.2) is 47.2 Å². The van der Waals surface area contributed by atoms with E-state index in [0.717, 1.165) is 27.3 Å². The minimum absolute atomic E-state index is 0.828. The molecule has 0 aliphatic heterocycles. The van der Waals surface area contributed by atoms with Gasteiger partial charge in [0, 0.05) is 6.20 Å². The lowest BCUT2D eigenvalue weighted by Gasteiger charge is -2.08. The number of aromatic nitrogens is 2. The summed E-state index contributed by atoms with van der Waals surface area (Å²) in [5.74, 6) is 1.71. The Morgan fingerprint density at radius 3 is 2.84 bits per heavy atom. The van der Waals surface area contributed by atoms with Crippen molar-refractivity contribution in [1.29, 1.82) is 0 Å². The Labute approximate surface area is 120 Å². The Balaban J connectivity index is 2.33. The minimum atomic E-state index is 0.828. The standard InChI is InChI=1S/C15H13BrN2O/c1-10-6-7-13(19-2)11(9-10)15-17-14(16)12-5-3-4-8-18(12)15/h3-9H,1-2H3. The van der Waals surface area contributed by atoms with Crippen molar-refractivity contribution in [2.24, 2.45) is 0 Å². The van der Waals surface area contributed by atoms with E-state index in [2.05, 4.69) is 38.3 Å². The molecule has 0 amide bonds. The summed E-state index contributed by atoms with van der Waals surface area (Å²) >= 11 is 3.51. The average Bonchev–Trinajstić information content (AvgIpc) is 2.77. The Kier molecular flexibility index (Phi) is 3.03. The van der Waals surface area contributed by atoms with Gasteiger partial charge in [-0.3, -0.25) is 4.40 Å². The summed E-state index contributed by atoms with van der Waals surface area (Å²) in [6, 6.07) is 12.1. The maximum atomic E-state index is 5.44. The first kappa shape index (κ1) is 12.2. The first-order valence-electron chi connectivity index (χ1n) is 5.98. The number of imidazole rings is 1. The molecule has 0 unspecified atom stereocenters. The largest absolute Gasteiger partial charge is 0.496 e. The van der Waals surface area contributed by atoms with Gasteiger partial charge in [0.15, 0.2) is 0 Å². The third kappa shape index (κ3) is 2.02. The molecule has 0 spiro atoms. The molecule has 3 rings (SSSR count). The van der Waals surface area contributed by atoms with Gasteiger partial charge in [-0.05, 0) is 47.1 Å². The minimum Gasteiger partial charge on any atom is -0.496 e. The molecule has 0 aliphatic rings. The van der Waals surface area contributed by atoms with Crippen molar-refractivity contribution < 1.29 is 4.74 Å². The second-order valence-electron chi connectivity index (χ2n) is 4.39. The number of nitrogens with zero attached hydrogens (tertiary/aromatic N) is 2. The Morgan fingerprint density at radius 2 is 2.05 bits per heavy atom. The van der Waals surface area contributed by atoms with Crippen LogP contribution in [-0.2, 0) is 0 Å². The molecule has 0 N–H and O–H groups in total. The Bertz CT molecular complexity index is 749. The number of fused-ring (bicyclic) bond motifs is 1. The van der Waals surface area contributed by atoms with Crippen molar-refractivity contribution in [3.05, 3.63) is 52.8 Å². The van der Waals surface area contributed by atoms with E-state index in [4.69, 9.17) is 4.74 Å². The molecule has 2 aromatic heterocycles. The van der Waals surface area contributed by atoms with Gasteiger partial charge in [-0.2, -0.15) is 0 Å². The van der Waals surface area contributed by atoms with Crippen LogP contribution in [0.2, 0.25) is 0 Å². The van der Waals surface area contributed by atoms with Gasteiger partial charge in [0.25, 0.3) is 0 Å². The number of ether oxygens (including phenoxy) is 1. The van der Waals surface area contributed by atoms with Gasteiger partial charge < -0.3 is 4.74 Å². The highest BCUT2D eigenvalue weighted by molar-refractivity contribution is 9.10. The summed E-state index contributed by atoms with van der Waals surface area (Å²) in [7, 11) is 1.68. The van der Waals surface area contributed by atoms with Gasteiger partial charge in [0.05, 0.1) is 18.2 Å². The monoisotopic (exact) mass is 316 g/mol. The zero-order valence-electron chi connectivity index (χ0n) is 10.7. The summed E-state index contributed by atoms with van der Waals surface area (Å²) in [4.78, 5) is 4.61. The first-order chi connectivity index (χ1) is 9.20. The maximum absolute atomic E-state index is 5.44. The Hall–Kier alpha value is -1.81. The lowest BCUT2D eigenvalue weighted by Crippen LogP contribution is -1.93. The van der Waals surface area contributed by atoms with Crippen LogP contribution < -0.4 is 4.74 Å². The molecule has 0 atom stereocenters. The first-order valence-corrected chi connectivity index (χ1v) is 6.77. The van der Waals surface area contributed by atoms with E-state index < -0.39 is 0 Å². The van der Waals surface area contributed by atoms with E-state index >= 15 is 0 Å². The Morgan fingerprint density at radius 1 is 1.21 bits per heavy atom. The molecule has 3 nitrogen and oxygen atoms in total. The van der Waals surface area contributed by atoms with Gasteiger partial charge in [-0.25, -0.2) is 4.98 Å². The molecule has 4 heteroatoms. The summed E-state index contributed by atoms with van der Waals surface area (Å²) in [5.41, 5.74) is 3.22. The average molecular weight is 317 g/mol. The summed E-state index contributed by atoms with van der Waals surface area (Å²) in [6.07, 6.45) is 2.00. The van der Waals surface area contributed by atoms with Crippen LogP contribution in [0.4, 0.5) is 0 Å². The normalized spacial score (nSPS) is 10.9. The van der Waals surface area contributed by atoms with Crippen LogP contribution in [-0.4, -0.2) is 16.5 Å². The number of methoxy groups -OCH3 is 1. The maximum Gasteiger partial charge on any atom is 0.149 e. The van der Waals surface area contributed by atoms with Crippen LogP contribution >= 0.6 is 15.9 Å². The predicted molar refractivity (Wildman–Crippen MR) is 79.6 cm³/mol. The molecule has 96 valence electrons. The molecule has 0 radical (unpaired) electrons. The summed E-state index contributed by atoms with van der Waals surface area (Å²) < 4.78 is 8.34. The number of rotatable bonds is 2. The van der Waals surface area contributed by atoms with Gasteiger partial charge in [0.2, 0.25) is 0 Å². The fourth-order valence-electron chi connectivity index (χ4n) is 2.19. The summed E-state index contributed by atoms with van der Waals surface area (Å²) in [6.45, 7) is 2.06. The fourth-order valence-corrected chi connectivity index (χ4v) is 2.68. The molecule has 0 fully saturated rings. The van der Waals surface area contributed by atoms with Gasteiger partial charge in [0.1, 0.15) is 16.2 Å². The molecule has 0 aliphatic carbocycles. The van der Waals surface area contributed by atoms with E-state index in [9.17, 15) is 0 Å². The second-order valence-corrected chi connectivity index (χ2v) is 5.14. The number of benzene rings is 1. The number of pyridine rings is 1. The van der Waals surface area contributed by atoms with Crippen molar-refractivity contribution in [2.45, 2.75) is 6.92 Å². The van der Waals surface area contributed by atoms with Gasteiger partial charge >= 0.3 is 0 Å². The lowest BCUT2D eigenvalue weighted by molar-refractivity contribution is 0.416. The smallest absolute Gasteiger partial charge is 0.149 e. The number of hydrogen-bond acceptors (Lipinski definition) is 2. The van der Waals surface area contributed by atoms with E-state index in [1.54, 1.807) is 7.11 Å². The van der Waals surface area contributed by atoms with Crippen molar-refractivity contribution in [3.63, 3.8) is 0 Å². The zero-order valence-corrected chi connectivity index (χ0v) is 12.3. The highest BCUT2D eigenvalue weighted by atomic mass is 79.9. The molecule has 1 aromatic carbocycles. The third-order valence-corrected chi connectivity index (χ3v) is 3.68. The van der Waals surface area contributed by atoms with E-state index in [1.807, 2.05) is 36.5 Å². The van der Waals surface area contributed by atoms with E-state index in [1.165, 1.54) is 5.56 Å². The van der Waals surface area contributed by atoms with E-state index in [0.29, 0.717) is 0 Å². The predicted octanol–water partition coefficient (Wildman–Crippen LogP) is 4.08. The van der Waals surface area contributed by atoms with Crippen LogP contribution in [0.1, 0.15) is 5.56 Å². The number of hydrogen-bond donors (Lipinski definition) is 0. The van der Waals surface area contributed by atoms with Crippen LogP contribution in [0.3, 0.4) is 0 Å². The fraction of sp³-hybridized carbons (Fsp3) is 0.133. The number of halogens is 1. The molecular formula is C15H13BrN2O. The SMILES string of the molecule is COc1ccc(C)cc1-c1nc(Br)c2ccccn12. The molecular weight excluding hydrogens is 304 g/mol. The summed E-state index contributed by atoms with van der Waals surface area (Å²) in [5, 5.41) is 0. The molecule has 19 heavy (non-hydrogen) atoms. The highest BCUT2D eigenvalue weighted by Gasteiger charge is 2.14. The van der Waals surface area contributed by atoms with Crippen molar-refractivity contribution in [1.82, 2.24) is 9.38 Å². The van der Waals surface area contributed by atoms with Crippen molar-refractivity contribution in [3.8, 4) is 17.1 Å². The topological polar surface area (TPSA) is 26.5 Å². The number of aryl methyl sites for hydroxylation is 1. The van der Waals surface area contributed by atoms with Crippen LogP contribution in [0.5, 0.6) is 5.75 Å². The molecule has 0 bridgehead atoms. The lowest BCUT2D eigenvalue weighted by atomic mass is 10.1. The third-order valence-electron chi connectivity index (χ3n) is 3.10. The van der Waals surface area contributed by atoms with Crippen LogP contribution in [0, 0.1) is 6.92 Å². The molecule has 0 saturated carbocycles. The van der Waals surface area contributed by atoms with Crippen molar-refractivity contribution in [2.75, 3.05) is 7.11 Å². The molecule has 2 heterocycles. The highest BCUT2D eigenvalue weighted by Crippen LogP contribution is 2.32. The molecule has 3 aromatic rings. The quantitative estimate of drug-likeness (QED) is 0.712. The van der Waals surface area contributed by atoms with Gasteiger partial charge in [-0.1, -0.05) is 17.7 Å². The second kappa shape index (κ2) is 4.70. The molecule has 0 saturated heterocycles. The zero-order chi connectivity index (χ0) is 13.4. The van der Waals surface area contributed by atoms with E-state index in [-0.39, 0.29) is 0 Å². The van der Waals surface area contributed by atoms with Crippen molar-refractivity contribution >= 4 is 21.4 Å². The van der Waals surface area contributed by atoms with Gasteiger partial charge in [-0.15, -0.1) is 0 Å². The van der Waals surface area contributed by atoms with Crippen LogP contribution in [0.25, 0.3) is 16.9 Å².